The molecule has 1 atom stereocenters. The van der Waals surface area contributed by atoms with Crippen molar-refractivity contribution in [1.29, 1.82) is 0 Å². The van der Waals surface area contributed by atoms with Crippen LogP contribution >= 0.6 is 0 Å². The maximum Gasteiger partial charge on any atom is 0.242 e. The minimum atomic E-state index is 0.101. The lowest BCUT2D eigenvalue weighted by Crippen LogP contribution is -2.56. The number of carbonyl (C=O) groups is 2. The first-order valence-corrected chi connectivity index (χ1v) is 8.42. The van der Waals surface area contributed by atoms with Crippen LogP contribution in [0.5, 0.6) is 0 Å². The molecular weight excluding hydrogens is 266 g/mol. The van der Waals surface area contributed by atoms with Crippen molar-refractivity contribution < 1.29 is 9.59 Å². The maximum atomic E-state index is 12.5. The lowest BCUT2D eigenvalue weighted by Gasteiger charge is -2.41. The molecule has 0 radical (unpaired) electrons. The summed E-state index contributed by atoms with van der Waals surface area (Å²) in [5, 5.41) is 0. The number of likely N-dealkylation sites (tertiary alicyclic amines) is 1. The largest absolute Gasteiger partial charge is 0.336 e. The highest BCUT2D eigenvalue weighted by Crippen LogP contribution is 2.25. The monoisotopic (exact) mass is 293 g/mol. The van der Waals surface area contributed by atoms with Gasteiger partial charge < -0.3 is 14.7 Å². The molecule has 0 aromatic heterocycles. The third-order valence-electron chi connectivity index (χ3n) is 5.33. The molecule has 2 aliphatic heterocycles. The molecule has 0 aromatic rings. The molecule has 5 heteroatoms. The zero-order valence-corrected chi connectivity index (χ0v) is 13.1. The second-order valence-corrected chi connectivity index (χ2v) is 6.89. The van der Waals surface area contributed by atoms with Gasteiger partial charge in [-0.05, 0) is 32.9 Å². The summed E-state index contributed by atoms with van der Waals surface area (Å²) in [7, 11) is 2.06. The topological polar surface area (TPSA) is 43.9 Å². The van der Waals surface area contributed by atoms with Crippen molar-refractivity contribution in [2.45, 2.75) is 44.6 Å². The third-order valence-corrected chi connectivity index (χ3v) is 5.33. The third kappa shape index (κ3) is 3.23. The average molecular weight is 293 g/mol. The van der Waals surface area contributed by atoms with Crippen LogP contribution < -0.4 is 0 Å². The van der Waals surface area contributed by atoms with Crippen molar-refractivity contribution in [1.82, 2.24) is 14.7 Å². The predicted octanol–water partition coefficient (Wildman–Crippen LogP) is 0.942. The van der Waals surface area contributed by atoms with E-state index in [2.05, 4.69) is 11.9 Å². The summed E-state index contributed by atoms with van der Waals surface area (Å²) in [5.74, 6) is 0.452. The van der Waals surface area contributed by atoms with Crippen LogP contribution in [0.2, 0.25) is 0 Å². The molecule has 3 aliphatic rings. The van der Waals surface area contributed by atoms with E-state index in [4.69, 9.17) is 0 Å². The summed E-state index contributed by atoms with van der Waals surface area (Å²) in [4.78, 5) is 31.0. The highest BCUT2D eigenvalue weighted by atomic mass is 16.2. The highest BCUT2D eigenvalue weighted by molar-refractivity contribution is 5.87. The molecule has 0 aromatic carbocycles. The Morgan fingerprint density at radius 2 is 1.81 bits per heavy atom. The summed E-state index contributed by atoms with van der Waals surface area (Å²) in [6, 6.07) is 0.432. The van der Waals surface area contributed by atoms with Gasteiger partial charge in [0.1, 0.15) is 0 Å². The zero-order valence-electron chi connectivity index (χ0n) is 13.1. The second-order valence-electron chi connectivity index (χ2n) is 6.89. The van der Waals surface area contributed by atoms with Gasteiger partial charge in [0, 0.05) is 25.7 Å². The second kappa shape index (κ2) is 6.34. The van der Waals surface area contributed by atoms with E-state index in [1.54, 1.807) is 4.90 Å². The van der Waals surface area contributed by atoms with Gasteiger partial charge in [0.15, 0.2) is 0 Å². The average Bonchev–Trinajstić information content (AvgIpc) is 2.94. The van der Waals surface area contributed by atoms with Gasteiger partial charge >= 0.3 is 0 Å². The Balaban J connectivity index is 1.55. The molecule has 1 saturated carbocycles. The van der Waals surface area contributed by atoms with Crippen molar-refractivity contribution in [2.75, 3.05) is 39.8 Å². The van der Waals surface area contributed by atoms with Gasteiger partial charge in [0.25, 0.3) is 0 Å². The zero-order chi connectivity index (χ0) is 14.8. The van der Waals surface area contributed by atoms with Gasteiger partial charge in [-0.2, -0.15) is 0 Å². The molecule has 3 fully saturated rings. The summed E-state index contributed by atoms with van der Waals surface area (Å²) in [5.41, 5.74) is 0. The fourth-order valence-corrected chi connectivity index (χ4v) is 4.05. The number of rotatable bonds is 2. The summed E-state index contributed by atoms with van der Waals surface area (Å²) < 4.78 is 0. The van der Waals surface area contributed by atoms with Crippen LogP contribution in [0.3, 0.4) is 0 Å². The SMILES string of the molecule is CN1CC[C@H](C(=O)N2CCN(C3CCCCC3)C(=O)C2)C1. The standard InChI is InChI=1S/C16H27N3O2/c1-17-8-7-13(11-17)16(21)18-9-10-19(15(20)12-18)14-5-3-2-4-6-14/h13-14H,2-12H2,1H3/t13-/m0/s1. The first-order valence-electron chi connectivity index (χ1n) is 8.42. The molecular formula is C16H27N3O2. The molecule has 2 heterocycles. The quantitative estimate of drug-likeness (QED) is 0.761. The number of hydrogen-bond donors (Lipinski definition) is 0. The van der Waals surface area contributed by atoms with Gasteiger partial charge in [0.2, 0.25) is 11.8 Å². The molecule has 0 spiro atoms. The summed E-state index contributed by atoms with van der Waals surface area (Å²) >= 11 is 0. The van der Waals surface area contributed by atoms with E-state index in [9.17, 15) is 9.59 Å². The molecule has 118 valence electrons. The Hall–Kier alpha value is -1.10. The van der Waals surface area contributed by atoms with Gasteiger partial charge in [-0.15, -0.1) is 0 Å². The molecule has 0 bridgehead atoms. The number of amides is 2. The molecule has 2 amide bonds. The van der Waals surface area contributed by atoms with Crippen LogP contribution in [0, 0.1) is 5.92 Å². The van der Waals surface area contributed by atoms with E-state index < -0.39 is 0 Å². The van der Waals surface area contributed by atoms with Crippen molar-refractivity contribution >= 4 is 11.8 Å². The molecule has 3 rings (SSSR count). The first-order chi connectivity index (χ1) is 10.1. The Labute approximate surface area is 127 Å². The van der Waals surface area contributed by atoms with E-state index in [1.165, 1.54) is 19.3 Å². The van der Waals surface area contributed by atoms with Crippen molar-refractivity contribution in [3.05, 3.63) is 0 Å². The molecule has 2 saturated heterocycles. The van der Waals surface area contributed by atoms with Crippen LogP contribution in [0.1, 0.15) is 38.5 Å². The number of piperazine rings is 1. The fraction of sp³-hybridized carbons (Fsp3) is 0.875. The molecule has 0 unspecified atom stereocenters. The Morgan fingerprint density at radius 3 is 2.43 bits per heavy atom. The van der Waals surface area contributed by atoms with Crippen LogP contribution in [-0.4, -0.2) is 72.3 Å². The molecule has 5 nitrogen and oxygen atoms in total. The van der Waals surface area contributed by atoms with Crippen molar-refractivity contribution in [2.24, 2.45) is 5.92 Å². The van der Waals surface area contributed by atoms with Gasteiger partial charge in [0.05, 0.1) is 12.5 Å². The van der Waals surface area contributed by atoms with Crippen LogP contribution in [0.25, 0.3) is 0 Å². The van der Waals surface area contributed by atoms with Crippen LogP contribution in [-0.2, 0) is 9.59 Å². The normalized spacial score (nSPS) is 29.2. The molecule has 21 heavy (non-hydrogen) atoms. The number of carbonyl (C=O) groups excluding carboxylic acids is 2. The minimum absolute atomic E-state index is 0.101. The minimum Gasteiger partial charge on any atom is -0.336 e. The Bertz CT molecular complexity index is 406. The molecule has 1 aliphatic carbocycles. The Kier molecular flexibility index (Phi) is 4.48. The lowest BCUT2D eigenvalue weighted by molar-refractivity contribution is -0.149. The fourth-order valence-electron chi connectivity index (χ4n) is 4.05. The number of nitrogens with zero attached hydrogens (tertiary/aromatic N) is 3. The van der Waals surface area contributed by atoms with E-state index >= 15 is 0 Å². The van der Waals surface area contributed by atoms with Crippen LogP contribution in [0.15, 0.2) is 0 Å². The highest BCUT2D eigenvalue weighted by Gasteiger charge is 2.36. The van der Waals surface area contributed by atoms with Crippen molar-refractivity contribution in [3.63, 3.8) is 0 Å². The van der Waals surface area contributed by atoms with E-state index in [1.807, 2.05) is 4.90 Å². The van der Waals surface area contributed by atoms with E-state index in [0.29, 0.717) is 12.6 Å². The maximum absolute atomic E-state index is 12.5. The van der Waals surface area contributed by atoms with Gasteiger partial charge in [-0.3, -0.25) is 9.59 Å². The van der Waals surface area contributed by atoms with Crippen LogP contribution in [0.4, 0.5) is 0 Å². The predicted molar refractivity (Wildman–Crippen MR) is 80.8 cm³/mol. The number of hydrogen-bond acceptors (Lipinski definition) is 3. The van der Waals surface area contributed by atoms with Gasteiger partial charge in [-0.1, -0.05) is 19.3 Å². The van der Waals surface area contributed by atoms with E-state index in [-0.39, 0.29) is 17.7 Å². The Morgan fingerprint density at radius 1 is 1.05 bits per heavy atom. The van der Waals surface area contributed by atoms with E-state index in [0.717, 1.165) is 45.4 Å². The summed E-state index contributed by atoms with van der Waals surface area (Å²) in [6.45, 7) is 3.59. The summed E-state index contributed by atoms with van der Waals surface area (Å²) in [6.07, 6.45) is 7.02. The lowest BCUT2D eigenvalue weighted by atomic mass is 9.93. The molecule has 0 N–H and O–H groups in total. The first kappa shape index (κ1) is 14.8. The van der Waals surface area contributed by atoms with Crippen molar-refractivity contribution in [3.8, 4) is 0 Å². The van der Waals surface area contributed by atoms with Gasteiger partial charge in [-0.25, -0.2) is 0 Å². The smallest absolute Gasteiger partial charge is 0.242 e.